The zero-order valence-electron chi connectivity index (χ0n) is 15.2. The van der Waals surface area contributed by atoms with Gasteiger partial charge in [0.25, 0.3) is 0 Å². The number of para-hydroxylation sites is 1. The van der Waals surface area contributed by atoms with E-state index in [0.29, 0.717) is 24.6 Å². The molecule has 0 saturated heterocycles. The molecule has 1 saturated carbocycles. The normalized spacial score (nSPS) is 18.4. The van der Waals surface area contributed by atoms with Crippen LogP contribution in [0.5, 0.6) is 0 Å². The fourth-order valence-electron chi connectivity index (χ4n) is 4.04. The van der Waals surface area contributed by atoms with E-state index in [1.807, 2.05) is 24.3 Å². The Hall–Kier alpha value is -1.79. The van der Waals surface area contributed by atoms with Crippen LogP contribution in [0.4, 0.5) is 5.69 Å². The van der Waals surface area contributed by atoms with E-state index in [9.17, 15) is 9.59 Å². The van der Waals surface area contributed by atoms with Crippen LogP contribution in [0.1, 0.15) is 43.0 Å². The van der Waals surface area contributed by atoms with Crippen LogP contribution < -0.4 is 10.2 Å². The van der Waals surface area contributed by atoms with Crippen molar-refractivity contribution in [2.75, 3.05) is 17.2 Å². The summed E-state index contributed by atoms with van der Waals surface area (Å²) in [6.45, 7) is 0.435. The number of amides is 2. The standard InChI is InChI=1S/C21H24N2O2S2/c24-19(22-21(15-6-1-2-7-15)18-10-5-13-26-18)11-12-23-16-8-3-4-9-17(16)27-14-20(23)25/h3-5,8-10,13,15,21H,1-2,6-7,11-12,14H2,(H,22,24). The number of hydrogen-bond acceptors (Lipinski definition) is 4. The number of benzene rings is 1. The zero-order chi connectivity index (χ0) is 18.6. The van der Waals surface area contributed by atoms with Gasteiger partial charge in [-0.15, -0.1) is 23.1 Å². The molecule has 1 aliphatic heterocycles. The number of nitrogens with zero attached hydrogens (tertiary/aromatic N) is 1. The van der Waals surface area contributed by atoms with Gasteiger partial charge in [0, 0.05) is 22.7 Å². The Labute approximate surface area is 168 Å². The van der Waals surface area contributed by atoms with Crippen molar-refractivity contribution < 1.29 is 9.59 Å². The van der Waals surface area contributed by atoms with Crippen molar-refractivity contribution >= 4 is 40.6 Å². The minimum atomic E-state index is 0.0313. The molecule has 4 rings (SSSR count). The molecule has 1 atom stereocenters. The summed E-state index contributed by atoms with van der Waals surface area (Å²) < 4.78 is 0. The van der Waals surface area contributed by atoms with Crippen LogP contribution in [-0.2, 0) is 9.59 Å². The molecule has 2 amide bonds. The Morgan fingerprint density at radius 3 is 2.78 bits per heavy atom. The van der Waals surface area contributed by atoms with E-state index < -0.39 is 0 Å². The lowest BCUT2D eigenvalue weighted by atomic mass is 9.96. The monoisotopic (exact) mass is 400 g/mol. The highest BCUT2D eigenvalue weighted by molar-refractivity contribution is 8.00. The molecule has 0 bridgehead atoms. The number of carbonyl (C=O) groups is 2. The van der Waals surface area contributed by atoms with Crippen molar-refractivity contribution in [1.82, 2.24) is 5.32 Å². The summed E-state index contributed by atoms with van der Waals surface area (Å²) in [6, 6.07) is 12.2. The Kier molecular flexibility index (Phi) is 5.83. The van der Waals surface area contributed by atoms with E-state index in [1.165, 1.54) is 30.6 Å². The highest BCUT2D eigenvalue weighted by atomic mass is 32.2. The average Bonchev–Trinajstić information content (AvgIpc) is 3.39. The molecular formula is C21H24N2O2S2. The van der Waals surface area contributed by atoms with Crippen LogP contribution in [0.2, 0.25) is 0 Å². The molecule has 4 nitrogen and oxygen atoms in total. The summed E-state index contributed by atoms with van der Waals surface area (Å²) in [5.74, 6) is 1.08. The van der Waals surface area contributed by atoms with Crippen LogP contribution in [0.3, 0.4) is 0 Å². The van der Waals surface area contributed by atoms with Crippen molar-refractivity contribution in [2.24, 2.45) is 5.92 Å². The van der Waals surface area contributed by atoms with Crippen molar-refractivity contribution in [2.45, 2.75) is 43.0 Å². The van der Waals surface area contributed by atoms with E-state index in [-0.39, 0.29) is 17.9 Å². The van der Waals surface area contributed by atoms with Gasteiger partial charge in [0.05, 0.1) is 17.5 Å². The number of thiophene rings is 1. The second kappa shape index (κ2) is 8.48. The van der Waals surface area contributed by atoms with Gasteiger partial charge in [0.15, 0.2) is 0 Å². The lowest BCUT2D eigenvalue weighted by Crippen LogP contribution is -2.39. The fourth-order valence-corrected chi connectivity index (χ4v) is 5.84. The Morgan fingerprint density at radius 1 is 1.19 bits per heavy atom. The Morgan fingerprint density at radius 2 is 2.00 bits per heavy atom. The van der Waals surface area contributed by atoms with Crippen LogP contribution in [-0.4, -0.2) is 24.1 Å². The summed E-state index contributed by atoms with van der Waals surface area (Å²) in [6.07, 6.45) is 5.19. The SMILES string of the molecule is O=C(CCN1C(=O)CSc2ccccc21)NC(c1cccs1)C1CCCC1. The first-order chi connectivity index (χ1) is 13.2. The number of rotatable bonds is 6. The number of nitrogens with one attached hydrogen (secondary N) is 1. The topological polar surface area (TPSA) is 49.4 Å². The van der Waals surface area contributed by atoms with Crippen molar-refractivity contribution in [3.63, 3.8) is 0 Å². The van der Waals surface area contributed by atoms with Crippen LogP contribution >= 0.6 is 23.1 Å². The van der Waals surface area contributed by atoms with Gasteiger partial charge in [0.1, 0.15) is 0 Å². The summed E-state index contributed by atoms with van der Waals surface area (Å²) in [7, 11) is 0. The first-order valence-corrected chi connectivity index (χ1v) is 11.4. The minimum Gasteiger partial charge on any atom is -0.348 e. The van der Waals surface area contributed by atoms with Crippen LogP contribution in [0, 0.1) is 5.92 Å². The first kappa shape index (κ1) is 18.6. The maximum Gasteiger partial charge on any atom is 0.237 e. The average molecular weight is 401 g/mol. The highest BCUT2D eigenvalue weighted by Gasteiger charge is 2.29. The lowest BCUT2D eigenvalue weighted by molar-refractivity contribution is -0.122. The number of thioether (sulfide) groups is 1. The molecule has 0 spiro atoms. The third kappa shape index (κ3) is 4.22. The first-order valence-electron chi connectivity index (χ1n) is 9.57. The van der Waals surface area contributed by atoms with E-state index in [1.54, 1.807) is 28.0 Å². The third-order valence-corrected chi connectivity index (χ3v) is 7.41. The second-order valence-electron chi connectivity index (χ2n) is 7.16. The smallest absolute Gasteiger partial charge is 0.237 e. The van der Waals surface area contributed by atoms with Gasteiger partial charge in [-0.2, -0.15) is 0 Å². The molecule has 1 aliphatic carbocycles. The summed E-state index contributed by atoms with van der Waals surface area (Å²) in [4.78, 5) is 29.2. The summed E-state index contributed by atoms with van der Waals surface area (Å²) in [5.41, 5.74) is 0.928. The van der Waals surface area contributed by atoms with Crippen molar-refractivity contribution in [1.29, 1.82) is 0 Å². The molecule has 27 heavy (non-hydrogen) atoms. The summed E-state index contributed by atoms with van der Waals surface area (Å²) >= 11 is 3.29. The number of carbonyl (C=O) groups excluding carboxylic acids is 2. The number of anilines is 1. The van der Waals surface area contributed by atoms with Gasteiger partial charge >= 0.3 is 0 Å². The second-order valence-corrected chi connectivity index (χ2v) is 9.15. The van der Waals surface area contributed by atoms with Crippen molar-refractivity contribution in [3.05, 3.63) is 46.7 Å². The predicted octanol–water partition coefficient (Wildman–Crippen LogP) is 4.62. The molecule has 2 heterocycles. The lowest BCUT2D eigenvalue weighted by Gasteiger charge is -2.29. The van der Waals surface area contributed by atoms with Gasteiger partial charge in [-0.25, -0.2) is 0 Å². The minimum absolute atomic E-state index is 0.0313. The largest absolute Gasteiger partial charge is 0.348 e. The molecule has 2 aromatic rings. The molecular weight excluding hydrogens is 376 g/mol. The molecule has 1 unspecified atom stereocenters. The number of hydrogen-bond donors (Lipinski definition) is 1. The van der Waals surface area contributed by atoms with Gasteiger partial charge in [0.2, 0.25) is 11.8 Å². The van der Waals surface area contributed by atoms with Crippen LogP contribution in [0.25, 0.3) is 0 Å². The van der Waals surface area contributed by atoms with Crippen molar-refractivity contribution in [3.8, 4) is 0 Å². The maximum atomic E-state index is 12.7. The quantitative estimate of drug-likeness (QED) is 0.769. The molecule has 1 N–H and O–H groups in total. The van der Waals surface area contributed by atoms with Gasteiger partial charge in [-0.1, -0.05) is 31.0 Å². The van der Waals surface area contributed by atoms with E-state index >= 15 is 0 Å². The molecule has 142 valence electrons. The zero-order valence-corrected chi connectivity index (χ0v) is 16.9. The van der Waals surface area contributed by atoms with Gasteiger partial charge < -0.3 is 10.2 Å². The van der Waals surface area contributed by atoms with E-state index in [0.717, 1.165) is 10.6 Å². The van der Waals surface area contributed by atoms with E-state index in [4.69, 9.17) is 0 Å². The number of fused-ring (bicyclic) bond motifs is 1. The van der Waals surface area contributed by atoms with Gasteiger partial charge in [-0.3, -0.25) is 9.59 Å². The highest BCUT2D eigenvalue weighted by Crippen LogP contribution is 2.38. The van der Waals surface area contributed by atoms with Gasteiger partial charge in [-0.05, 0) is 42.3 Å². The fraction of sp³-hybridized carbons (Fsp3) is 0.429. The predicted molar refractivity (Wildman–Crippen MR) is 111 cm³/mol. The van der Waals surface area contributed by atoms with E-state index in [2.05, 4.69) is 22.8 Å². The third-order valence-electron chi connectivity index (χ3n) is 5.41. The molecule has 6 heteroatoms. The molecule has 1 aromatic heterocycles. The molecule has 0 radical (unpaired) electrons. The Balaban J connectivity index is 1.41. The molecule has 2 aliphatic rings. The molecule has 1 aromatic carbocycles. The molecule has 1 fully saturated rings. The van der Waals surface area contributed by atoms with Crippen LogP contribution in [0.15, 0.2) is 46.7 Å². The Bertz CT molecular complexity index is 800. The summed E-state index contributed by atoms with van der Waals surface area (Å²) in [5, 5.41) is 5.34. The maximum absolute atomic E-state index is 12.7.